The van der Waals surface area contributed by atoms with Crippen molar-refractivity contribution in [1.82, 2.24) is 0 Å². The normalized spacial score (nSPS) is 11.1. The minimum atomic E-state index is -0.919. The first kappa shape index (κ1) is 10.5. The Kier molecular flexibility index (Phi) is 3.46. The average Bonchev–Trinajstić information content (AvgIpc) is 2.15. The van der Waals surface area contributed by atoms with Crippen molar-refractivity contribution in [2.75, 3.05) is 0 Å². The molecule has 0 saturated carbocycles. The number of aliphatic carboxylic acids is 1. The van der Waals surface area contributed by atoms with Crippen LogP contribution in [0, 0.1) is 0 Å². The van der Waals surface area contributed by atoms with E-state index >= 15 is 0 Å². The van der Waals surface area contributed by atoms with Crippen LogP contribution in [0.4, 0.5) is 0 Å². The lowest BCUT2D eigenvalue weighted by Crippen LogP contribution is -1.87. The van der Waals surface area contributed by atoms with Gasteiger partial charge in [-0.3, -0.25) is 0 Å². The summed E-state index contributed by atoms with van der Waals surface area (Å²) in [6, 6.07) is 7.89. The van der Waals surface area contributed by atoms with Crippen LogP contribution in [-0.2, 0) is 4.79 Å². The lowest BCUT2D eigenvalue weighted by Gasteiger charge is -2.04. The van der Waals surface area contributed by atoms with Crippen molar-refractivity contribution in [1.29, 1.82) is 0 Å². The number of rotatable bonds is 3. The van der Waals surface area contributed by atoms with Crippen LogP contribution in [0.15, 0.2) is 30.3 Å². The molecular weight excluding hydrogens is 176 g/mol. The van der Waals surface area contributed by atoms with Gasteiger partial charge in [0.25, 0.3) is 0 Å². The summed E-state index contributed by atoms with van der Waals surface area (Å²) in [5.74, 6) is -0.412. The second kappa shape index (κ2) is 4.61. The number of carboxylic acids is 1. The minimum Gasteiger partial charge on any atom is -0.478 e. The zero-order valence-corrected chi connectivity index (χ0v) is 8.40. The summed E-state index contributed by atoms with van der Waals surface area (Å²) in [5.41, 5.74) is 2.18. The Labute approximate surface area is 83.9 Å². The van der Waals surface area contributed by atoms with E-state index in [1.165, 1.54) is 5.56 Å². The van der Waals surface area contributed by atoms with Crippen LogP contribution in [0.2, 0.25) is 0 Å². The molecule has 0 aliphatic heterocycles. The van der Waals surface area contributed by atoms with Crippen LogP contribution in [-0.4, -0.2) is 11.1 Å². The zero-order valence-electron chi connectivity index (χ0n) is 8.40. The van der Waals surface area contributed by atoms with Gasteiger partial charge in [-0.05, 0) is 23.1 Å². The SMILES string of the molecule is CC(C)c1ccc(C=CC(=O)O)cc1. The smallest absolute Gasteiger partial charge is 0.328 e. The number of hydrogen-bond donors (Lipinski definition) is 1. The molecule has 0 fully saturated rings. The van der Waals surface area contributed by atoms with Crippen molar-refractivity contribution in [3.63, 3.8) is 0 Å². The van der Waals surface area contributed by atoms with Gasteiger partial charge in [-0.2, -0.15) is 0 Å². The molecule has 0 heterocycles. The number of hydrogen-bond acceptors (Lipinski definition) is 1. The monoisotopic (exact) mass is 190 g/mol. The summed E-state index contributed by atoms with van der Waals surface area (Å²) in [6.45, 7) is 4.25. The van der Waals surface area contributed by atoms with Crippen LogP contribution >= 0.6 is 0 Å². The highest BCUT2D eigenvalue weighted by Gasteiger charge is 1.97. The van der Waals surface area contributed by atoms with Gasteiger partial charge in [0.15, 0.2) is 0 Å². The second-order valence-corrected chi connectivity index (χ2v) is 3.49. The van der Waals surface area contributed by atoms with Gasteiger partial charge in [0, 0.05) is 6.08 Å². The van der Waals surface area contributed by atoms with Crippen LogP contribution in [0.25, 0.3) is 6.08 Å². The third kappa shape index (κ3) is 3.05. The van der Waals surface area contributed by atoms with Crippen LogP contribution in [0.5, 0.6) is 0 Å². The molecule has 0 aliphatic rings. The number of benzene rings is 1. The van der Waals surface area contributed by atoms with Crippen LogP contribution < -0.4 is 0 Å². The molecule has 1 rings (SSSR count). The van der Waals surface area contributed by atoms with Crippen molar-refractivity contribution in [2.45, 2.75) is 19.8 Å². The molecule has 0 radical (unpaired) electrons. The molecule has 0 aliphatic carbocycles. The molecule has 0 bridgehead atoms. The topological polar surface area (TPSA) is 37.3 Å². The fourth-order valence-corrected chi connectivity index (χ4v) is 1.16. The number of carbonyl (C=O) groups is 1. The highest BCUT2D eigenvalue weighted by atomic mass is 16.4. The largest absolute Gasteiger partial charge is 0.478 e. The van der Waals surface area contributed by atoms with Gasteiger partial charge < -0.3 is 5.11 Å². The Hall–Kier alpha value is -1.57. The van der Waals surface area contributed by atoms with E-state index in [9.17, 15) is 4.79 Å². The summed E-state index contributed by atoms with van der Waals surface area (Å²) in [4.78, 5) is 10.3. The third-order valence-electron chi connectivity index (χ3n) is 2.02. The van der Waals surface area contributed by atoms with Crippen molar-refractivity contribution in [3.05, 3.63) is 41.5 Å². The van der Waals surface area contributed by atoms with E-state index in [1.807, 2.05) is 24.3 Å². The van der Waals surface area contributed by atoms with Gasteiger partial charge in [0.1, 0.15) is 0 Å². The van der Waals surface area contributed by atoms with E-state index in [4.69, 9.17) is 5.11 Å². The van der Waals surface area contributed by atoms with E-state index in [1.54, 1.807) is 6.08 Å². The van der Waals surface area contributed by atoms with Crippen LogP contribution in [0.3, 0.4) is 0 Å². The maximum absolute atomic E-state index is 10.3. The molecule has 1 aromatic rings. The van der Waals surface area contributed by atoms with E-state index in [2.05, 4.69) is 13.8 Å². The van der Waals surface area contributed by atoms with E-state index in [0.29, 0.717) is 5.92 Å². The van der Waals surface area contributed by atoms with Gasteiger partial charge >= 0.3 is 5.97 Å². The highest BCUT2D eigenvalue weighted by Crippen LogP contribution is 2.15. The Morgan fingerprint density at radius 1 is 1.29 bits per heavy atom. The first-order chi connectivity index (χ1) is 6.59. The van der Waals surface area contributed by atoms with Crippen molar-refractivity contribution < 1.29 is 9.90 Å². The fraction of sp³-hybridized carbons (Fsp3) is 0.250. The Balaban J connectivity index is 2.78. The molecule has 0 atom stereocenters. The molecule has 0 amide bonds. The number of carboxylic acid groups (broad SMARTS) is 1. The predicted octanol–water partition coefficient (Wildman–Crippen LogP) is 2.91. The van der Waals surface area contributed by atoms with Crippen molar-refractivity contribution in [2.24, 2.45) is 0 Å². The second-order valence-electron chi connectivity index (χ2n) is 3.49. The summed E-state index contributed by atoms with van der Waals surface area (Å²) >= 11 is 0. The molecule has 0 unspecified atom stereocenters. The highest BCUT2D eigenvalue weighted by molar-refractivity contribution is 5.85. The summed E-state index contributed by atoms with van der Waals surface area (Å²) in [7, 11) is 0. The fourth-order valence-electron chi connectivity index (χ4n) is 1.16. The third-order valence-corrected chi connectivity index (χ3v) is 2.02. The Bertz CT molecular complexity index is 334. The lowest BCUT2D eigenvalue weighted by atomic mass is 10.0. The standard InChI is InChI=1S/C12H14O2/c1-9(2)11-6-3-10(4-7-11)5-8-12(13)14/h3-9H,1-2H3,(H,13,14). The van der Waals surface area contributed by atoms with Gasteiger partial charge in [0.2, 0.25) is 0 Å². The predicted molar refractivity (Wildman–Crippen MR) is 57.2 cm³/mol. The van der Waals surface area contributed by atoms with E-state index in [0.717, 1.165) is 11.6 Å². The molecule has 2 nitrogen and oxygen atoms in total. The molecule has 14 heavy (non-hydrogen) atoms. The molecule has 0 saturated heterocycles. The summed E-state index contributed by atoms with van der Waals surface area (Å²) in [6.07, 6.45) is 2.73. The Morgan fingerprint density at radius 3 is 2.29 bits per heavy atom. The van der Waals surface area contributed by atoms with Crippen LogP contribution in [0.1, 0.15) is 30.9 Å². The van der Waals surface area contributed by atoms with Gasteiger partial charge in [-0.15, -0.1) is 0 Å². The van der Waals surface area contributed by atoms with Gasteiger partial charge in [0.05, 0.1) is 0 Å². The van der Waals surface area contributed by atoms with Gasteiger partial charge in [-0.1, -0.05) is 38.1 Å². The summed E-state index contributed by atoms with van der Waals surface area (Å²) in [5, 5.41) is 8.43. The first-order valence-electron chi connectivity index (χ1n) is 4.60. The molecule has 1 aromatic carbocycles. The Morgan fingerprint density at radius 2 is 1.86 bits per heavy atom. The molecule has 2 heteroatoms. The molecule has 0 spiro atoms. The van der Waals surface area contributed by atoms with E-state index < -0.39 is 5.97 Å². The molecule has 74 valence electrons. The molecular formula is C12H14O2. The molecule has 0 aromatic heterocycles. The summed E-state index contributed by atoms with van der Waals surface area (Å²) < 4.78 is 0. The quantitative estimate of drug-likeness (QED) is 0.744. The van der Waals surface area contributed by atoms with E-state index in [-0.39, 0.29) is 0 Å². The van der Waals surface area contributed by atoms with Gasteiger partial charge in [-0.25, -0.2) is 4.79 Å². The minimum absolute atomic E-state index is 0.507. The van der Waals surface area contributed by atoms with Crippen molar-refractivity contribution >= 4 is 12.0 Å². The molecule has 1 N–H and O–H groups in total. The zero-order chi connectivity index (χ0) is 10.6. The first-order valence-corrected chi connectivity index (χ1v) is 4.60. The van der Waals surface area contributed by atoms with Crippen molar-refractivity contribution in [3.8, 4) is 0 Å². The lowest BCUT2D eigenvalue weighted by molar-refractivity contribution is -0.131. The maximum Gasteiger partial charge on any atom is 0.328 e. The maximum atomic E-state index is 10.3. The average molecular weight is 190 g/mol.